The van der Waals surface area contributed by atoms with Crippen LogP contribution in [-0.4, -0.2) is 62.0 Å². The Morgan fingerprint density at radius 3 is 1.47 bits per heavy atom. The van der Waals surface area contributed by atoms with Crippen LogP contribution in [0.4, 0.5) is 15.5 Å². The van der Waals surface area contributed by atoms with Gasteiger partial charge < -0.3 is 19.5 Å². The summed E-state index contributed by atoms with van der Waals surface area (Å²) in [6.45, 7) is 15.7. The van der Waals surface area contributed by atoms with Gasteiger partial charge in [0.05, 0.1) is 0 Å². The molecule has 1 N–H and O–H groups in total. The Hall–Kier alpha value is -5.12. The van der Waals surface area contributed by atoms with Gasteiger partial charge in [-0.25, -0.2) is 19.4 Å². The van der Waals surface area contributed by atoms with E-state index in [1.807, 2.05) is 60.8 Å². The van der Waals surface area contributed by atoms with Crippen molar-refractivity contribution in [2.75, 3.05) is 11.9 Å². The van der Waals surface area contributed by atoms with Crippen LogP contribution in [0.2, 0.25) is 0 Å². The largest absolute Gasteiger partial charge is 0.458 e. The average molecular weight is 697 g/mol. The quantitative estimate of drug-likeness (QED) is 0.0717. The van der Waals surface area contributed by atoms with Crippen molar-refractivity contribution in [3.8, 4) is 0 Å². The molecule has 10 nitrogen and oxygen atoms in total. The van der Waals surface area contributed by atoms with Crippen LogP contribution in [0, 0.1) is 0 Å². The van der Waals surface area contributed by atoms with Crippen molar-refractivity contribution in [1.29, 1.82) is 0 Å². The molecule has 1 atom stereocenters. The van der Waals surface area contributed by atoms with Gasteiger partial charge in [-0.05, 0) is 91.8 Å². The molecule has 0 aliphatic carbocycles. The number of rotatable bonds is 11. The Morgan fingerprint density at radius 1 is 0.667 bits per heavy atom. The number of hydrogen-bond donors (Lipinski definition) is 1. The van der Waals surface area contributed by atoms with E-state index in [1.54, 1.807) is 68.5 Å². The molecule has 2 amide bonds. The molecule has 0 spiro atoms. The lowest BCUT2D eigenvalue weighted by Gasteiger charge is -2.38. The molecule has 0 fully saturated rings. The van der Waals surface area contributed by atoms with Crippen LogP contribution >= 0.6 is 0 Å². The van der Waals surface area contributed by atoms with E-state index in [9.17, 15) is 14.4 Å². The number of aromatic nitrogens is 2. The minimum atomic E-state index is -1.31. The lowest BCUT2D eigenvalue weighted by molar-refractivity contribution is -0.161. The molecule has 1 heterocycles. The Balaban J connectivity index is 1.69. The second kappa shape index (κ2) is 15.8. The molecule has 0 radical (unpaired) electrons. The van der Waals surface area contributed by atoms with E-state index in [4.69, 9.17) is 19.2 Å². The van der Waals surface area contributed by atoms with Gasteiger partial charge in [-0.15, -0.1) is 0 Å². The third-order valence-corrected chi connectivity index (χ3v) is 7.69. The monoisotopic (exact) mass is 696 g/mol. The van der Waals surface area contributed by atoms with Crippen LogP contribution in [0.25, 0.3) is 0 Å². The number of anilines is 1. The van der Waals surface area contributed by atoms with Gasteiger partial charge in [0.25, 0.3) is 0 Å². The summed E-state index contributed by atoms with van der Waals surface area (Å²) in [5.41, 5.74) is -0.404. The van der Waals surface area contributed by atoms with E-state index < -0.39 is 46.5 Å². The van der Waals surface area contributed by atoms with Gasteiger partial charge in [-0.3, -0.25) is 4.57 Å². The van der Waals surface area contributed by atoms with E-state index in [0.29, 0.717) is 18.9 Å². The van der Waals surface area contributed by atoms with Crippen LogP contribution in [0.15, 0.2) is 103 Å². The van der Waals surface area contributed by atoms with Crippen LogP contribution < -0.4 is 5.32 Å². The van der Waals surface area contributed by atoms with Gasteiger partial charge in [0, 0.05) is 18.9 Å². The Bertz CT molecular complexity index is 1610. The van der Waals surface area contributed by atoms with Crippen molar-refractivity contribution >= 4 is 24.1 Å². The first-order valence-electron chi connectivity index (χ1n) is 17.3. The molecule has 0 aliphatic rings. The molecule has 0 saturated carbocycles. The van der Waals surface area contributed by atoms with Crippen LogP contribution in [0.1, 0.15) is 91.8 Å². The van der Waals surface area contributed by atoms with Crippen molar-refractivity contribution in [3.05, 3.63) is 120 Å². The molecular weight excluding hydrogens is 644 g/mol. The standard InChI is InChI=1S/C41H52N4O6/c1-38(2,3)49-34(46)33(45(36(47)50-39(4,5)6)37(48)51-40(7,8)9)26-19-27-42-35-43-28-29-44(35)41(30-20-13-10-14-21-30,31-22-15-11-16-23-31)32-24-17-12-18-25-32/h10-18,20-25,28-29,33H,19,26-27H2,1-9H3,(H,42,43)/t33-/m0/s1. The van der Waals surface area contributed by atoms with Gasteiger partial charge in [0.2, 0.25) is 5.95 Å². The van der Waals surface area contributed by atoms with Crippen molar-refractivity contribution in [3.63, 3.8) is 0 Å². The molecule has 3 aromatic carbocycles. The number of nitrogens with one attached hydrogen (secondary N) is 1. The molecular formula is C41H52N4O6. The highest BCUT2D eigenvalue weighted by Crippen LogP contribution is 2.42. The number of carbonyl (C=O) groups excluding carboxylic acids is 3. The van der Waals surface area contributed by atoms with Crippen molar-refractivity contribution < 1.29 is 28.6 Å². The zero-order chi connectivity index (χ0) is 37.5. The number of ether oxygens (including phenoxy) is 3. The number of hydrogen-bond acceptors (Lipinski definition) is 8. The minimum absolute atomic E-state index is 0.0717. The number of imide groups is 1. The minimum Gasteiger partial charge on any atom is -0.458 e. The van der Waals surface area contributed by atoms with Gasteiger partial charge in [0.15, 0.2) is 0 Å². The fourth-order valence-electron chi connectivity index (χ4n) is 5.83. The highest BCUT2D eigenvalue weighted by Gasteiger charge is 2.43. The molecule has 4 aromatic rings. The first-order chi connectivity index (χ1) is 23.9. The molecule has 51 heavy (non-hydrogen) atoms. The predicted molar refractivity (Wildman–Crippen MR) is 198 cm³/mol. The van der Waals surface area contributed by atoms with Gasteiger partial charge in [-0.2, -0.15) is 4.90 Å². The maximum Gasteiger partial charge on any atom is 0.420 e. The molecule has 10 heteroatoms. The first kappa shape index (κ1) is 38.7. The SMILES string of the molecule is CC(C)(C)OC(=O)[C@H](CCCNc1nccn1C(c1ccccc1)(c1ccccc1)c1ccccc1)N(C(=O)OC(C)(C)C)C(=O)OC(C)(C)C. The fourth-order valence-corrected chi connectivity index (χ4v) is 5.83. The zero-order valence-electron chi connectivity index (χ0n) is 31.3. The van der Waals surface area contributed by atoms with E-state index in [2.05, 4.69) is 46.3 Å². The van der Waals surface area contributed by atoms with Crippen LogP contribution in [0.5, 0.6) is 0 Å². The topological polar surface area (TPSA) is 112 Å². The molecule has 4 rings (SSSR count). The van der Waals surface area contributed by atoms with Crippen molar-refractivity contribution in [2.24, 2.45) is 0 Å². The Labute approximate surface area is 302 Å². The summed E-state index contributed by atoms with van der Waals surface area (Å²) in [4.78, 5) is 46.3. The van der Waals surface area contributed by atoms with E-state index in [-0.39, 0.29) is 6.42 Å². The zero-order valence-corrected chi connectivity index (χ0v) is 31.3. The molecule has 0 saturated heterocycles. The smallest absolute Gasteiger partial charge is 0.420 e. The summed E-state index contributed by atoms with van der Waals surface area (Å²) in [6.07, 6.45) is 2.15. The second-order valence-corrected chi connectivity index (χ2v) is 15.4. The molecule has 0 aliphatic heterocycles. The number of amides is 2. The van der Waals surface area contributed by atoms with Crippen molar-refractivity contribution in [1.82, 2.24) is 14.5 Å². The second-order valence-electron chi connectivity index (χ2n) is 15.4. The third-order valence-electron chi connectivity index (χ3n) is 7.69. The lowest BCUT2D eigenvalue weighted by atomic mass is 9.76. The maximum absolute atomic E-state index is 13.7. The highest BCUT2D eigenvalue weighted by molar-refractivity contribution is 5.94. The molecule has 0 bridgehead atoms. The van der Waals surface area contributed by atoms with Gasteiger partial charge >= 0.3 is 18.2 Å². The molecule has 272 valence electrons. The summed E-state index contributed by atoms with van der Waals surface area (Å²) in [5, 5.41) is 3.47. The van der Waals surface area contributed by atoms with Crippen LogP contribution in [-0.2, 0) is 24.5 Å². The third kappa shape index (κ3) is 9.99. The van der Waals surface area contributed by atoms with Gasteiger partial charge in [-0.1, -0.05) is 91.0 Å². The summed E-state index contributed by atoms with van der Waals surface area (Å²) >= 11 is 0. The lowest BCUT2D eigenvalue weighted by Crippen LogP contribution is -2.53. The number of carbonyl (C=O) groups is 3. The highest BCUT2D eigenvalue weighted by atomic mass is 16.6. The number of nitrogens with zero attached hydrogens (tertiary/aromatic N) is 3. The average Bonchev–Trinajstić information content (AvgIpc) is 3.50. The summed E-state index contributed by atoms with van der Waals surface area (Å²) in [5.74, 6) is -0.145. The maximum atomic E-state index is 13.7. The first-order valence-corrected chi connectivity index (χ1v) is 17.3. The number of imidazole rings is 1. The van der Waals surface area contributed by atoms with E-state index in [0.717, 1.165) is 21.6 Å². The van der Waals surface area contributed by atoms with Gasteiger partial charge in [0.1, 0.15) is 28.4 Å². The van der Waals surface area contributed by atoms with E-state index >= 15 is 0 Å². The van der Waals surface area contributed by atoms with Crippen molar-refractivity contribution in [2.45, 2.75) is 104 Å². The number of benzene rings is 3. The summed E-state index contributed by atoms with van der Waals surface area (Å²) in [7, 11) is 0. The Kier molecular flexibility index (Phi) is 12.0. The molecule has 1 aromatic heterocycles. The number of esters is 1. The summed E-state index contributed by atoms with van der Waals surface area (Å²) in [6, 6.07) is 29.5. The Morgan fingerprint density at radius 2 is 1.08 bits per heavy atom. The molecule has 0 unspecified atom stereocenters. The summed E-state index contributed by atoms with van der Waals surface area (Å²) < 4.78 is 19.0. The fraction of sp³-hybridized carbons (Fsp3) is 0.415. The van der Waals surface area contributed by atoms with Crippen LogP contribution in [0.3, 0.4) is 0 Å². The van der Waals surface area contributed by atoms with E-state index in [1.165, 1.54) is 0 Å². The normalized spacial score (nSPS) is 12.8. The predicted octanol–water partition coefficient (Wildman–Crippen LogP) is 8.80.